The highest BCUT2D eigenvalue weighted by Gasteiger charge is 2.57. The van der Waals surface area contributed by atoms with Crippen LogP contribution in [-0.4, -0.2) is 135 Å². The summed E-state index contributed by atoms with van der Waals surface area (Å²) in [7, 11) is 2.60. The molecule has 3 heterocycles. The Labute approximate surface area is 381 Å². The Bertz CT molecular complexity index is 2400. The lowest BCUT2D eigenvalue weighted by Crippen LogP contribution is -2.66. The van der Waals surface area contributed by atoms with Gasteiger partial charge in [0.1, 0.15) is 71.6 Å². The summed E-state index contributed by atoms with van der Waals surface area (Å²) in [5, 5.41) is 21.3. The molecule has 0 amide bonds. The molecule has 67 heavy (non-hydrogen) atoms. The number of esters is 6. The van der Waals surface area contributed by atoms with E-state index in [-0.39, 0.29) is 45.3 Å². The predicted molar refractivity (Wildman–Crippen MR) is 221 cm³/mol. The molecule has 2 fully saturated rings. The van der Waals surface area contributed by atoms with Gasteiger partial charge in [-0.25, -0.2) is 0 Å². The minimum absolute atomic E-state index is 0.00918. The Hall–Kier alpha value is -6.98. The van der Waals surface area contributed by atoms with Crippen molar-refractivity contribution in [1.29, 1.82) is 0 Å². The number of carbonyl (C=O) groups is 7. The van der Waals surface area contributed by atoms with Gasteiger partial charge in [0.15, 0.2) is 41.5 Å². The molecule has 2 saturated heterocycles. The molecule has 3 aromatic rings. The molecule has 0 spiro atoms. The molecule has 2 unspecified atom stereocenters. The van der Waals surface area contributed by atoms with Gasteiger partial charge in [0.25, 0.3) is 0 Å². The van der Waals surface area contributed by atoms with Gasteiger partial charge in [-0.05, 0) is 19.1 Å². The van der Waals surface area contributed by atoms with Crippen LogP contribution in [0, 0.1) is 5.92 Å². The number of benzene rings is 2. The van der Waals surface area contributed by atoms with Gasteiger partial charge >= 0.3 is 35.8 Å². The van der Waals surface area contributed by atoms with E-state index in [9.17, 15) is 48.6 Å². The zero-order valence-electron chi connectivity index (χ0n) is 37.7. The van der Waals surface area contributed by atoms with Crippen LogP contribution in [0.15, 0.2) is 39.5 Å². The van der Waals surface area contributed by atoms with E-state index in [1.54, 1.807) is 0 Å². The monoisotopic (exact) mass is 946 g/mol. The number of hydrogen-bond acceptors (Lipinski definition) is 23. The normalized spacial score (nSPS) is 24.6. The average molecular weight is 947 g/mol. The van der Waals surface area contributed by atoms with Gasteiger partial charge in [-0.2, -0.15) is 0 Å². The topological polar surface area (TPSA) is 301 Å². The lowest BCUT2D eigenvalue weighted by atomic mass is 9.86. The number of rotatable bonds is 17. The Morgan fingerprint density at radius 3 is 1.63 bits per heavy atom. The molecule has 10 atom stereocenters. The Morgan fingerprint density at radius 1 is 0.597 bits per heavy atom. The molecule has 23 nitrogen and oxygen atoms in total. The number of phenols is 2. The van der Waals surface area contributed by atoms with Crippen LogP contribution in [0.1, 0.15) is 54.9 Å². The molecular formula is C44H50O23. The van der Waals surface area contributed by atoms with E-state index < -0.39 is 134 Å². The lowest BCUT2D eigenvalue weighted by Gasteiger charge is -2.49. The van der Waals surface area contributed by atoms with Crippen LogP contribution < -0.4 is 19.6 Å². The molecule has 0 radical (unpaired) electrons. The number of fused-ring (bicyclic) bond motifs is 1. The summed E-state index contributed by atoms with van der Waals surface area (Å²) < 4.78 is 74.6. The third-order valence-electron chi connectivity index (χ3n) is 10.1. The van der Waals surface area contributed by atoms with Gasteiger partial charge in [0.2, 0.25) is 12.0 Å². The van der Waals surface area contributed by atoms with E-state index in [0.29, 0.717) is 0 Å². The van der Waals surface area contributed by atoms with Crippen molar-refractivity contribution in [2.45, 2.75) is 110 Å². The van der Waals surface area contributed by atoms with E-state index in [1.807, 2.05) is 0 Å². The summed E-state index contributed by atoms with van der Waals surface area (Å²) in [5.41, 5.74) is -0.665. The van der Waals surface area contributed by atoms with E-state index in [2.05, 4.69) is 0 Å². The molecule has 1 aromatic heterocycles. The van der Waals surface area contributed by atoms with Crippen LogP contribution in [-0.2, 0) is 76.2 Å². The van der Waals surface area contributed by atoms with Crippen LogP contribution in [0.3, 0.4) is 0 Å². The number of phenolic OH excluding ortho intramolecular Hbond substituents is 2. The molecular weight excluding hydrogens is 896 g/mol. The highest BCUT2D eigenvalue weighted by atomic mass is 16.8. The summed E-state index contributed by atoms with van der Waals surface area (Å²) in [6.07, 6.45) is -15.2. The summed E-state index contributed by atoms with van der Waals surface area (Å²) in [6.45, 7) is 6.20. The largest absolute Gasteiger partial charge is 0.507 e. The van der Waals surface area contributed by atoms with Crippen LogP contribution in [0.2, 0.25) is 0 Å². The maximum Gasteiger partial charge on any atom is 0.303 e. The van der Waals surface area contributed by atoms with Crippen molar-refractivity contribution in [1.82, 2.24) is 0 Å². The molecule has 5 rings (SSSR count). The summed E-state index contributed by atoms with van der Waals surface area (Å²) >= 11 is 0. The fraction of sp³-hybridized carbons (Fsp3) is 0.500. The van der Waals surface area contributed by atoms with Crippen molar-refractivity contribution in [3.05, 3.63) is 40.6 Å². The van der Waals surface area contributed by atoms with E-state index >= 15 is 0 Å². The quantitative estimate of drug-likeness (QED) is 0.145. The lowest BCUT2D eigenvalue weighted by molar-refractivity contribution is -0.350. The Kier molecular flexibility index (Phi) is 16.8. The standard InChI is InChI=1S/C44H50O23/c1-18(45)10-27-38(59-21(4)48)39(67-44-42(62-24(7)51)41(61-23(6)50)40(60-22(5)49)35(66-44)17-58-20(3)47)34(16-57-19(2)46)65-43(27)63-26-13-28(52)36-29(53)15-30(64-31(36)14-26)25-11-32(55-8)37(54)33(12-25)56-9/h11-15,27,34-35,38-44,52,54H,10,16-17H2,1-9H3/t27-,34-,35-,38-,39-,40+,41+,42-,43?,44?/m1/s1. The molecule has 0 bridgehead atoms. The summed E-state index contributed by atoms with van der Waals surface area (Å²) in [4.78, 5) is 101. The van der Waals surface area contributed by atoms with E-state index in [4.69, 9.17) is 61.3 Å². The SMILES string of the molecule is COc1cc(-c2cc(=O)c3c(O)cc(OC4O[C@H](COC(C)=O)[C@@H](OC5O[C@H](COC(C)=O)[C@H](OC(C)=O)[C@H](OC(C)=O)[C@H]5OC(C)=O)[C@H](OC(C)=O)[C@H]4CC(C)=O)cc3o2)cc(OC)c1O. The van der Waals surface area contributed by atoms with Crippen LogP contribution in [0.25, 0.3) is 22.3 Å². The van der Waals surface area contributed by atoms with E-state index in [1.165, 1.54) is 39.3 Å². The third kappa shape index (κ3) is 12.7. The van der Waals surface area contributed by atoms with Crippen LogP contribution >= 0.6 is 0 Å². The second kappa shape index (κ2) is 22.0. The van der Waals surface area contributed by atoms with Gasteiger partial charge in [-0.15, -0.1) is 0 Å². The number of hydrogen-bond donors (Lipinski definition) is 2. The van der Waals surface area contributed by atoms with Gasteiger partial charge < -0.3 is 76.3 Å². The van der Waals surface area contributed by atoms with Crippen molar-refractivity contribution in [3.8, 4) is 40.1 Å². The first kappa shape index (κ1) is 51.0. The maximum absolute atomic E-state index is 13.4. The molecule has 2 aliphatic rings. The Balaban J connectivity index is 1.62. The fourth-order valence-electron chi connectivity index (χ4n) is 7.54. The predicted octanol–water partition coefficient (Wildman–Crippen LogP) is 2.55. The second-order valence-electron chi connectivity index (χ2n) is 15.3. The molecule has 0 saturated carbocycles. The van der Waals surface area contributed by atoms with Crippen molar-refractivity contribution >= 4 is 52.6 Å². The highest BCUT2D eigenvalue weighted by Crippen LogP contribution is 2.42. The van der Waals surface area contributed by atoms with Crippen molar-refractivity contribution < 1.29 is 105 Å². The van der Waals surface area contributed by atoms with Gasteiger partial charge in [0.05, 0.1) is 20.1 Å². The number of methoxy groups -OCH3 is 2. The summed E-state index contributed by atoms with van der Waals surface area (Å²) in [6, 6.07) is 6.13. The molecule has 23 heteroatoms. The zero-order chi connectivity index (χ0) is 49.4. The van der Waals surface area contributed by atoms with Gasteiger partial charge in [-0.3, -0.25) is 33.6 Å². The average Bonchev–Trinajstić information content (AvgIpc) is 3.22. The first-order valence-corrected chi connectivity index (χ1v) is 20.4. The minimum Gasteiger partial charge on any atom is -0.507 e. The highest BCUT2D eigenvalue weighted by molar-refractivity contribution is 5.86. The van der Waals surface area contributed by atoms with Crippen molar-refractivity contribution in [2.75, 3.05) is 27.4 Å². The maximum atomic E-state index is 13.4. The van der Waals surface area contributed by atoms with Crippen molar-refractivity contribution in [2.24, 2.45) is 5.92 Å². The smallest absolute Gasteiger partial charge is 0.303 e. The van der Waals surface area contributed by atoms with Gasteiger partial charge in [-0.1, -0.05) is 0 Å². The number of aromatic hydroxyl groups is 2. The minimum atomic E-state index is -1.87. The molecule has 0 aliphatic carbocycles. The van der Waals surface area contributed by atoms with Crippen molar-refractivity contribution in [3.63, 3.8) is 0 Å². The van der Waals surface area contributed by atoms with E-state index in [0.717, 1.165) is 53.7 Å². The van der Waals surface area contributed by atoms with Gasteiger partial charge in [0, 0.05) is 71.7 Å². The molecule has 2 aliphatic heterocycles. The second-order valence-corrected chi connectivity index (χ2v) is 15.3. The number of Topliss-reactive ketones (excluding diaryl/α,β-unsaturated/α-hetero) is 1. The first-order chi connectivity index (χ1) is 31.6. The molecule has 2 N–H and O–H groups in total. The summed E-state index contributed by atoms with van der Waals surface area (Å²) in [5.74, 6) is -8.31. The number of ketones is 1. The molecule has 2 aromatic carbocycles. The zero-order valence-corrected chi connectivity index (χ0v) is 37.7. The third-order valence-corrected chi connectivity index (χ3v) is 10.1. The number of carbonyl (C=O) groups excluding carboxylic acids is 7. The van der Waals surface area contributed by atoms with Crippen LogP contribution in [0.4, 0.5) is 0 Å². The number of ether oxygens (including phenoxy) is 12. The first-order valence-electron chi connectivity index (χ1n) is 20.4. The van der Waals surface area contributed by atoms with Crippen LogP contribution in [0.5, 0.6) is 28.7 Å². The Morgan fingerprint density at radius 2 is 1.10 bits per heavy atom. The molecule has 364 valence electrons. The fourth-order valence-corrected chi connectivity index (χ4v) is 7.54.